The van der Waals surface area contributed by atoms with Crippen molar-refractivity contribution in [2.45, 2.75) is 19.4 Å². The topological polar surface area (TPSA) is 53.6 Å². The number of H-pyrrole nitrogens is 1. The minimum Gasteiger partial charge on any atom is -0.304 e. The first kappa shape index (κ1) is 10.3. The molecule has 0 aliphatic heterocycles. The molecule has 1 atom stereocenters. The van der Waals surface area contributed by atoms with Crippen molar-refractivity contribution in [3.05, 3.63) is 34.3 Å². The van der Waals surface area contributed by atoms with E-state index in [1.165, 1.54) is 4.88 Å². The van der Waals surface area contributed by atoms with E-state index in [9.17, 15) is 0 Å². The summed E-state index contributed by atoms with van der Waals surface area (Å²) in [5.74, 6) is 0. The third kappa shape index (κ3) is 2.43. The van der Waals surface area contributed by atoms with Crippen LogP contribution in [0.15, 0.2) is 23.7 Å². The SMILES string of the molecule is CCCNC(c1cn[nH]n1)c1cccs1. The lowest BCUT2D eigenvalue weighted by Gasteiger charge is -2.13. The molecule has 1 unspecified atom stereocenters. The Morgan fingerprint density at radius 1 is 1.60 bits per heavy atom. The number of nitrogens with one attached hydrogen (secondary N) is 2. The number of rotatable bonds is 5. The highest BCUT2D eigenvalue weighted by Crippen LogP contribution is 2.23. The minimum atomic E-state index is 0.170. The molecule has 2 aromatic heterocycles. The summed E-state index contributed by atoms with van der Waals surface area (Å²) >= 11 is 1.74. The molecule has 0 spiro atoms. The molecule has 5 heteroatoms. The van der Waals surface area contributed by atoms with Gasteiger partial charge in [-0.3, -0.25) is 0 Å². The Morgan fingerprint density at radius 3 is 3.13 bits per heavy atom. The van der Waals surface area contributed by atoms with E-state index in [1.807, 2.05) is 0 Å². The van der Waals surface area contributed by atoms with Crippen LogP contribution in [-0.2, 0) is 0 Å². The van der Waals surface area contributed by atoms with E-state index in [2.05, 4.69) is 45.2 Å². The molecule has 0 aliphatic rings. The van der Waals surface area contributed by atoms with Gasteiger partial charge in [-0.1, -0.05) is 13.0 Å². The maximum absolute atomic E-state index is 4.13. The molecular formula is C10H14N4S. The number of thiophene rings is 1. The summed E-state index contributed by atoms with van der Waals surface area (Å²) in [5.41, 5.74) is 0.950. The van der Waals surface area contributed by atoms with Gasteiger partial charge in [0.2, 0.25) is 0 Å². The molecule has 0 radical (unpaired) electrons. The zero-order valence-corrected chi connectivity index (χ0v) is 9.42. The van der Waals surface area contributed by atoms with E-state index in [0.717, 1.165) is 18.7 Å². The van der Waals surface area contributed by atoms with Crippen molar-refractivity contribution in [2.75, 3.05) is 6.54 Å². The Labute approximate surface area is 92.7 Å². The van der Waals surface area contributed by atoms with Crippen LogP contribution in [0, 0.1) is 0 Å². The largest absolute Gasteiger partial charge is 0.304 e. The quantitative estimate of drug-likeness (QED) is 0.813. The van der Waals surface area contributed by atoms with Crippen molar-refractivity contribution in [2.24, 2.45) is 0 Å². The summed E-state index contributed by atoms with van der Waals surface area (Å²) in [6, 6.07) is 4.34. The van der Waals surface area contributed by atoms with Crippen LogP contribution < -0.4 is 5.32 Å². The molecule has 80 valence electrons. The average molecular weight is 222 g/mol. The minimum absolute atomic E-state index is 0.170. The average Bonchev–Trinajstić information content (AvgIpc) is 2.90. The second-order valence-electron chi connectivity index (χ2n) is 3.30. The smallest absolute Gasteiger partial charge is 0.105 e. The fraction of sp³-hybridized carbons (Fsp3) is 0.400. The monoisotopic (exact) mass is 222 g/mol. The van der Waals surface area contributed by atoms with E-state index in [1.54, 1.807) is 17.5 Å². The van der Waals surface area contributed by atoms with Gasteiger partial charge >= 0.3 is 0 Å². The normalized spacial score (nSPS) is 12.9. The van der Waals surface area contributed by atoms with Crippen LogP contribution >= 0.6 is 11.3 Å². The summed E-state index contributed by atoms with van der Waals surface area (Å²) in [5, 5.41) is 16.2. The lowest BCUT2D eigenvalue weighted by atomic mass is 10.2. The molecule has 0 aliphatic carbocycles. The number of hydrogen-bond donors (Lipinski definition) is 2. The Morgan fingerprint density at radius 2 is 2.53 bits per heavy atom. The fourth-order valence-corrected chi connectivity index (χ4v) is 2.26. The van der Waals surface area contributed by atoms with Crippen molar-refractivity contribution in [3.8, 4) is 0 Å². The second-order valence-corrected chi connectivity index (χ2v) is 4.28. The molecule has 2 rings (SSSR count). The highest BCUT2D eigenvalue weighted by Gasteiger charge is 2.16. The highest BCUT2D eigenvalue weighted by molar-refractivity contribution is 7.10. The van der Waals surface area contributed by atoms with Crippen molar-refractivity contribution in [1.82, 2.24) is 20.7 Å². The standard InChI is InChI=1S/C10H14N4S/c1-2-5-11-10(8-7-12-14-13-8)9-4-3-6-15-9/h3-4,6-7,10-11H,2,5H2,1H3,(H,12,13,14). The van der Waals surface area contributed by atoms with E-state index in [4.69, 9.17) is 0 Å². The molecule has 2 aromatic rings. The molecule has 0 aromatic carbocycles. The van der Waals surface area contributed by atoms with Crippen LogP contribution in [0.2, 0.25) is 0 Å². The highest BCUT2D eigenvalue weighted by atomic mass is 32.1. The van der Waals surface area contributed by atoms with Gasteiger partial charge in [-0.25, -0.2) is 0 Å². The van der Waals surface area contributed by atoms with Crippen LogP contribution in [0.4, 0.5) is 0 Å². The zero-order chi connectivity index (χ0) is 10.5. The number of aromatic amines is 1. The molecule has 0 saturated heterocycles. The lowest BCUT2D eigenvalue weighted by Crippen LogP contribution is -2.22. The van der Waals surface area contributed by atoms with Gasteiger partial charge < -0.3 is 5.32 Å². The van der Waals surface area contributed by atoms with Crippen LogP contribution in [0.1, 0.15) is 30.0 Å². The van der Waals surface area contributed by atoms with E-state index in [-0.39, 0.29) is 6.04 Å². The molecule has 2 N–H and O–H groups in total. The zero-order valence-electron chi connectivity index (χ0n) is 8.60. The summed E-state index contributed by atoms with van der Waals surface area (Å²) in [4.78, 5) is 1.28. The maximum atomic E-state index is 4.13. The fourth-order valence-electron chi connectivity index (χ4n) is 1.44. The molecule has 0 saturated carbocycles. The Hall–Kier alpha value is -1.20. The first-order chi connectivity index (χ1) is 7.42. The predicted molar refractivity (Wildman–Crippen MR) is 60.8 cm³/mol. The second kappa shape index (κ2) is 5.04. The van der Waals surface area contributed by atoms with Gasteiger partial charge in [0.05, 0.1) is 12.2 Å². The summed E-state index contributed by atoms with van der Waals surface area (Å²) in [7, 11) is 0. The summed E-state index contributed by atoms with van der Waals surface area (Å²) in [6.45, 7) is 3.14. The van der Waals surface area contributed by atoms with Crippen LogP contribution in [-0.4, -0.2) is 22.0 Å². The van der Waals surface area contributed by atoms with Gasteiger partial charge in [-0.15, -0.1) is 11.3 Å². The van der Waals surface area contributed by atoms with Gasteiger partial charge in [0.25, 0.3) is 0 Å². The molecule has 0 fully saturated rings. The number of aromatic nitrogens is 3. The van der Waals surface area contributed by atoms with Crippen LogP contribution in [0.25, 0.3) is 0 Å². The van der Waals surface area contributed by atoms with E-state index in [0.29, 0.717) is 0 Å². The Balaban J connectivity index is 2.17. The molecule has 0 amide bonds. The van der Waals surface area contributed by atoms with Crippen molar-refractivity contribution in [3.63, 3.8) is 0 Å². The van der Waals surface area contributed by atoms with Crippen molar-refractivity contribution in [1.29, 1.82) is 0 Å². The van der Waals surface area contributed by atoms with Crippen molar-refractivity contribution >= 4 is 11.3 Å². The summed E-state index contributed by atoms with van der Waals surface area (Å²) in [6.07, 6.45) is 2.88. The van der Waals surface area contributed by atoms with Gasteiger partial charge in [-0.05, 0) is 24.4 Å². The third-order valence-corrected chi connectivity index (χ3v) is 3.09. The maximum Gasteiger partial charge on any atom is 0.105 e. The molecule has 4 nitrogen and oxygen atoms in total. The van der Waals surface area contributed by atoms with E-state index >= 15 is 0 Å². The van der Waals surface area contributed by atoms with Gasteiger partial charge in [0.1, 0.15) is 5.69 Å². The van der Waals surface area contributed by atoms with Gasteiger partial charge in [-0.2, -0.15) is 15.4 Å². The molecule has 2 heterocycles. The predicted octanol–water partition coefficient (Wildman–Crippen LogP) is 1.96. The Kier molecular flexibility index (Phi) is 3.47. The van der Waals surface area contributed by atoms with Gasteiger partial charge in [0, 0.05) is 4.88 Å². The van der Waals surface area contributed by atoms with Gasteiger partial charge in [0.15, 0.2) is 0 Å². The molecular weight excluding hydrogens is 208 g/mol. The lowest BCUT2D eigenvalue weighted by molar-refractivity contribution is 0.592. The first-order valence-corrected chi connectivity index (χ1v) is 5.92. The Bertz CT molecular complexity index is 334. The van der Waals surface area contributed by atoms with Crippen LogP contribution in [0.5, 0.6) is 0 Å². The molecule has 15 heavy (non-hydrogen) atoms. The van der Waals surface area contributed by atoms with Crippen molar-refractivity contribution < 1.29 is 0 Å². The van der Waals surface area contributed by atoms with E-state index < -0.39 is 0 Å². The first-order valence-electron chi connectivity index (χ1n) is 5.04. The molecule has 0 bridgehead atoms. The summed E-state index contributed by atoms with van der Waals surface area (Å²) < 4.78 is 0. The third-order valence-electron chi connectivity index (χ3n) is 2.16. The number of nitrogens with zero attached hydrogens (tertiary/aromatic N) is 2. The van der Waals surface area contributed by atoms with Crippen LogP contribution in [0.3, 0.4) is 0 Å². The number of hydrogen-bond acceptors (Lipinski definition) is 4.